The van der Waals surface area contributed by atoms with Crippen LogP contribution in [0.5, 0.6) is 0 Å². The van der Waals surface area contributed by atoms with Crippen molar-refractivity contribution in [2.24, 2.45) is 5.92 Å². The molecule has 1 aromatic rings. The number of hydrogen-bond acceptors (Lipinski definition) is 3. The largest absolute Gasteiger partial charge is 0.357 e. The van der Waals surface area contributed by atoms with E-state index in [1.807, 2.05) is 6.07 Å². The molecule has 0 N–H and O–H groups in total. The number of hydrogen-bond donors (Lipinski definition) is 0. The molecule has 96 valence electrons. The van der Waals surface area contributed by atoms with Crippen LogP contribution in [0.15, 0.2) is 18.3 Å². The highest BCUT2D eigenvalue weighted by Crippen LogP contribution is 2.30. The summed E-state index contributed by atoms with van der Waals surface area (Å²) >= 11 is 0. The fourth-order valence-electron chi connectivity index (χ4n) is 2.81. The third-order valence-corrected chi connectivity index (χ3v) is 4.18. The minimum absolute atomic E-state index is 0.578. The first-order chi connectivity index (χ1) is 8.74. The van der Waals surface area contributed by atoms with Crippen molar-refractivity contribution in [3.8, 4) is 6.07 Å². The van der Waals surface area contributed by atoms with Gasteiger partial charge in [0.2, 0.25) is 0 Å². The number of nitrogens with zero attached hydrogens (tertiary/aromatic N) is 3. The molecule has 1 fully saturated rings. The predicted octanol–water partition coefficient (Wildman–Crippen LogP) is 3.36. The number of pyridine rings is 1. The zero-order valence-corrected chi connectivity index (χ0v) is 11.3. The van der Waals surface area contributed by atoms with Crippen molar-refractivity contribution in [3.63, 3.8) is 0 Å². The third kappa shape index (κ3) is 2.81. The molecule has 0 amide bonds. The summed E-state index contributed by atoms with van der Waals surface area (Å²) in [6.45, 7) is 2.28. The molecule has 1 aliphatic rings. The summed E-state index contributed by atoms with van der Waals surface area (Å²) in [5, 5.41) is 8.92. The molecule has 0 spiro atoms. The Hall–Kier alpha value is -1.56. The molecule has 0 saturated heterocycles. The van der Waals surface area contributed by atoms with E-state index in [0.717, 1.165) is 11.7 Å². The first kappa shape index (κ1) is 12.9. The van der Waals surface area contributed by atoms with Gasteiger partial charge in [0.05, 0.1) is 11.6 Å². The number of aromatic nitrogens is 1. The molecule has 18 heavy (non-hydrogen) atoms. The normalized spacial score (nSPS) is 23.4. The van der Waals surface area contributed by atoms with Gasteiger partial charge in [-0.05, 0) is 43.7 Å². The van der Waals surface area contributed by atoms with Gasteiger partial charge in [-0.2, -0.15) is 5.26 Å². The maximum Gasteiger partial charge on any atom is 0.129 e. The predicted molar refractivity (Wildman–Crippen MR) is 73.4 cm³/mol. The first-order valence-corrected chi connectivity index (χ1v) is 6.83. The van der Waals surface area contributed by atoms with Gasteiger partial charge in [-0.1, -0.05) is 13.3 Å². The van der Waals surface area contributed by atoms with E-state index in [-0.39, 0.29) is 0 Å². The molecule has 3 nitrogen and oxygen atoms in total. The van der Waals surface area contributed by atoms with Gasteiger partial charge in [-0.15, -0.1) is 0 Å². The zero-order valence-electron chi connectivity index (χ0n) is 11.3. The molecule has 0 aliphatic heterocycles. The Balaban J connectivity index is 2.03. The Morgan fingerprint density at radius 2 is 2.11 bits per heavy atom. The molecule has 1 saturated carbocycles. The lowest BCUT2D eigenvalue weighted by Crippen LogP contribution is -2.35. The van der Waals surface area contributed by atoms with Crippen LogP contribution in [0.2, 0.25) is 0 Å². The van der Waals surface area contributed by atoms with Crippen molar-refractivity contribution in [2.45, 2.75) is 45.1 Å². The van der Waals surface area contributed by atoms with Gasteiger partial charge < -0.3 is 4.90 Å². The molecule has 0 bridgehead atoms. The molecule has 0 atom stereocenters. The van der Waals surface area contributed by atoms with Crippen molar-refractivity contribution < 1.29 is 0 Å². The Kier molecular flexibility index (Phi) is 4.19. The third-order valence-electron chi connectivity index (χ3n) is 4.18. The van der Waals surface area contributed by atoms with Crippen LogP contribution in [0.3, 0.4) is 0 Å². The average Bonchev–Trinajstić information content (AvgIpc) is 2.46. The number of rotatable bonds is 3. The van der Waals surface area contributed by atoms with Gasteiger partial charge in [-0.3, -0.25) is 0 Å². The first-order valence-electron chi connectivity index (χ1n) is 6.83. The smallest absolute Gasteiger partial charge is 0.129 e. The summed E-state index contributed by atoms with van der Waals surface area (Å²) in [6, 6.07) is 6.39. The summed E-state index contributed by atoms with van der Waals surface area (Å²) < 4.78 is 0. The van der Waals surface area contributed by atoms with E-state index in [1.165, 1.54) is 32.1 Å². The standard InChI is InChI=1S/C15H21N3/c1-3-12-4-6-14(7-5-12)18(2)15-10-13(11-16)8-9-17-15/h8-10,12,14H,3-7H2,1-2H3. The van der Waals surface area contributed by atoms with Crippen LogP contribution in [0.4, 0.5) is 5.82 Å². The molecule has 1 heterocycles. The lowest BCUT2D eigenvalue weighted by molar-refractivity contribution is 0.313. The second-order valence-electron chi connectivity index (χ2n) is 5.21. The van der Waals surface area contributed by atoms with E-state index < -0.39 is 0 Å². The highest BCUT2D eigenvalue weighted by Gasteiger charge is 2.23. The van der Waals surface area contributed by atoms with Crippen LogP contribution in [0.25, 0.3) is 0 Å². The molecular formula is C15H21N3. The summed E-state index contributed by atoms with van der Waals surface area (Å²) in [5.41, 5.74) is 0.689. The van der Waals surface area contributed by atoms with Crippen LogP contribution >= 0.6 is 0 Å². The molecule has 1 aliphatic carbocycles. The van der Waals surface area contributed by atoms with Crippen LogP contribution in [0, 0.1) is 17.2 Å². The summed E-state index contributed by atoms with van der Waals surface area (Å²) in [4.78, 5) is 6.62. The molecule has 0 aromatic carbocycles. The van der Waals surface area contributed by atoms with Crippen LogP contribution in [-0.4, -0.2) is 18.1 Å². The fraction of sp³-hybridized carbons (Fsp3) is 0.600. The molecule has 0 radical (unpaired) electrons. The zero-order chi connectivity index (χ0) is 13.0. The van der Waals surface area contributed by atoms with E-state index in [4.69, 9.17) is 5.26 Å². The summed E-state index contributed by atoms with van der Waals surface area (Å²) in [7, 11) is 2.10. The second-order valence-corrected chi connectivity index (χ2v) is 5.21. The van der Waals surface area contributed by atoms with Gasteiger partial charge in [0.15, 0.2) is 0 Å². The van der Waals surface area contributed by atoms with Crippen molar-refractivity contribution in [3.05, 3.63) is 23.9 Å². The van der Waals surface area contributed by atoms with Gasteiger partial charge in [-0.25, -0.2) is 4.98 Å². The molecule has 1 aromatic heterocycles. The Morgan fingerprint density at radius 1 is 1.39 bits per heavy atom. The maximum atomic E-state index is 8.92. The number of anilines is 1. The molecule has 0 unspecified atom stereocenters. The maximum absolute atomic E-state index is 8.92. The van der Waals surface area contributed by atoms with Gasteiger partial charge >= 0.3 is 0 Å². The lowest BCUT2D eigenvalue weighted by Gasteiger charge is -2.35. The van der Waals surface area contributed by atoms with Crippen LogP contribution in [-0.2, 0) is 0 Å². The van der Waals surface area contributed by atoms with Gasteiger partial charge in [0.25, 0.3) is 0 Å². The average molecular weight is 243 g/mol. The van der Waals surface area contributed by atoms with E-state index in [2.05, 4.69) is 29.9 Å². The fourth-order valence-corrected chi connectivity index (χ4v) is 2.81. The van der Waals surface area contributed by atoms with Gasteiger partial charge in [0, 0.05) is 19.3 Å². The van der Waals surface area contributed by atoms with Crippen molar-refractivity contribution in [1.82, 2.24) is 4.98 Å². The second kappa shape index (κ2) is 5.86. The highest BCUT2D eigenvalue weighted by molar-refractivity contribution is 5.45. The molecule has 3 heteroatoms. The van der Waals surface area contributed by atoms with Crippen molar-refractivity contribution >= 4 is 5.82 Å². The van der Waals surface area contributed by atoms with E-state index >= 15 is 0 Å². The summed E-state index contributed by atoms with van der Waals surface area (Å²) in [6.07, 6.45) is 8.16. The minimum Gasteiger partial charge on any atom is -0.357 e. The topological polar surface area (TPSA) is 39.9 Å². The van der Waals surface area contributed by atoms with Gasteiger partial charge in [0.1, 0.15) is 5.82 Å². The van der Waals surface area contributed by atoms with Crippen molar-refractivity contribution in [2.75, 3.05) is 11.9 Å². The van der Waals surface area contributed by atoms with Crippen LogP contribution in [0.1, 0.15) is 44.6 Å². The monoisotopic (exact) mass is 243 g/mol. The highest BCUT2D eigenvalue weighted by atomic mass is 15.2. The van der Waals surface area contributed by atoms with Crippen molar-refractivity contribution in [1.29, 1.82) is 5.26 Å². The summed E-state index contributed by atoms with van der Waals surface area (Å²) in [5.74, 6) is 1.84. The lowest BCUT2D eigenvalue weighted by atomic mass is 9.84. The van der Waals surface area contributed by atoms with E-state index in [9.17, 15) is 0 Å². The molecule has 2 rings (SSSR count). The Morgan fingerprint density at radius 3 is 2.72 bits per heavy atom. The quantitative estimate of drug-likeness (QED) is 0.817. The SMILES string of the molecule is CCC1CCC(N(C)c2cc(C#N)ccn2)CC1. The Labute approximate surface area is 109 Å². The van der Waals surface area contributed by atoms with E-state index in [0.29, 0.717) is 11.6 Å². The molecular weight excluding hydrogens is 222 g/mol. The minimum atomic E-state index is 0.578. The number of nitriles is 1. The van der Waals surface area contributed by atoms with E-state index in [1.54, 1.807) is 12.3 Å². The van der Waals surface area contributed by atoms with Crippen LogP contribution < -0.4 is 4.90 Å². The Bertz CT molecular complexity index is 428.